The summed E-state index contributed by atoms with van der Waals surface area (Å²) in [6.45, 7) is 3.27. The number of rotatable bonds is 8. The van der Waals surface area contributed by atoms with Crippen LogP contribution in [0.4, 0.5) is 0 Å². The van der Waals surface area contributed by atoms with E-state index in [-0.39, 0.29) is 5.91 Å². The number of nitrogens with one attached hydrogen (secondary N) is 1. The summed E-state index contributed by atoms with van der Waals surface area (Å²) in [7, 11) is 1.64. The Kier molecular flexibility index (Phi) is 5.73. The summed E-state index contributed by atoms with van der Waals surface area (Å²) in [4.78, 5) is 15.9. The van der Waals surface area contributed by atoms with E-state index in [1.807, 2.05) is 48.5 Å². The summed E-state index contributed by atoms with van der Waals surface area (Å²) in [5.74, 6) is 2.35. The Bertz CT molecular complexity index is 889. The Hall–Kier alpha value is -3.02. The lowest BCUT2D eigenvalue weighted by molar-refractivity contribution is -0.119. The summed E-state index contributed by atoms with van der Waals surface area (Å²) in [5, 5.41) is 2.82. The topological polar surface area (TPSA) is 65.4 Å². The maximum Gasteiger partial charge on any atom is 0.217 e. The number of amides is 1. The number of aryl methyl sites for hydroxylation is 1. The number of hydrogen-bond acceptors (Lipinski definition) is 4. The van der Waals surface area contributed by atoms with Crippen molar-refractivity contribution in [3.63, 3.8) is 0 Å². The third-order valence-corrected chi connectivity index (χ3v) is 4.07. The van der Waals surface area contributed by atoms with Crippen LogP contribution in [0.1, 0.15) is 19.2 Å². The molecule has 0 bridgehead atoms. The van der Waals surface area contributed by atoms with Gasteiger partial charge in [0.1, 0.15) is 17.3 Å². The first-order chi connectivity index (χ1) is 12.7. The number of imidazole rings is 1. The number of nitrogens with zero attached hydrogens (tertiary/aromatic N) is 2. The van der Waals surface area contributed by atoms with E-state index in [9.17, 15) is 4.79 Å². The fourth-order valence-electron chi connectivity index (χ4n) is 2.82. The number of methoxy groups -OCH3 is 1. The van der Waals surface area contributed by atoms with Crippen molar-refractivity contribution in [3.05, 3.63) is 54.4 Å². The van der Waals surface area contributed by atoms with Gasteiger partial charge >= 0.3 is 0 Å². The third-order valence-electron chi connectivity index (χ3n) is 4.07. The van der Waals surface area contributed by atoms with Gasteiger partial charge in [-0.25, -0.2) is 4.98 Å². The Labute approximate surface area is 152 Å². The average Bonchev–Trinajstić information content (AvgIpc) is 3.01. The van der Waals surface area contributed by atoms with Crippen molar-refractivity contribution in [2.24, 2.45) is 0 Å². The maximum absolute atomic E-state index is 11.2. The van der Waals surface area contributed by atoms with Gasteiger partial charge in [-0.05, 0) is 30.7 Å². The molecule has 26 heavy (non-hydrogen) atoms. The van der Waals surface area contributed by atoms with Crippen LogP contribution in [0.5, 0.6) is 11.5 Å². The molecule has 1 N–H and O–H groups in total. The second-order valence-corrected chi connectivity index (χ2v) is 5.96. The number of aromatic nitrogens is 2. The molecule has 0 radical (unpaired) electrons. The van der Waals surface area contributed by atoms with E-state index in [1.165, 1.54) is 6.92 Å². The molecule has 0 spiro atoms. The highest BCUT2D eigenvalue weighted by atomic mass is 16.5. The highest BCUT2D eigenvalue weighted by Crippen LogP contribution is 2.20. The minimum atomic E-state index is -0.0648. The molecule has 6 nitrogen and oxygen atoms in total. The van der Waals surface area contributed by atoms with Crippen LogP contribution in [-0.4, -0.2) is 29.2 Å². The first kappa shape index (κ1) is 17.8. The fraction of sp³-hybridized carbons (Fsp3) is 0.300. The molecule has 1 aromatic heterocycles. The van der Waals surface area contributed by atoms with Gasteiger partial charge in [-0.15, -0.1) is 0 Å². The van der Waals surface area contributed by atoms with E-state index in [1.54, 1.807) is 7.11 Å². The summed E-state index contributed by atoms with van der Waals surface area (Å²) < 4.78 is 13.2. The van der Waals surface area contributed by atoms with Crippen LogP contribution in [0.25, 0.3) is 11.0 Å². The number of carbonyl (C=O) groups excluding carboxylic acids is 1. The smallest absolute Gasteiger partial charge is 0.217 e. The summed E-state index contributed by atoms with van der Waals surface area (Å²) in [5.41, 5.74) is 2.00. The predicted molar refractivity (Wildman–Crippen MR) is 100 cm³/mol. The van der Waals surface area contributed by atoms with Crippen LogP contribution in [0, 0.1) is 0 Å². The van der Waals surface area contributed by atoms with Gasteiger partial charge in [0.2, 0.25) is 5.91 Å². The van der Waals surface area contributed by atoms with Gasteiger partial charge in [0.05, 0.1) is 31.3 Å². The number of benzene rings is 2. The second kappa shape index (κ2) is 8.38. The van der Waals surface area contributed by atoms with Crippen LogP contribution in [0.3, 0.4) is 0 Å². The van der Waals surface area contributed by atoms with Crippen molar-refractivity contribution in [1.82, 2.24) is 14.9 Å². The van der Waals surface area contributed by atoms with Gasteiger partial charge in [0.25, 0.3) is 0 Å². The highest BCUT2D eigenvalue weighted by Gasteiger charge is 2.10. The molecule has 0 aliphatic heterocycles. The summed E-state index contributed by atoms with van der Waals surface area (Å²) in [6, 6.07) is 15.6. The zero-order valence-corrected chi connectivity index (χ0v) is 15.1. The van der Waals surface area contributed by atoms with E-state index in [0.29, 0.717) is 13.2 Å². The molecule has 0 aliphatic rings. The van der Waals surface area contributed by atoms with Crippen molar-refractivity contribution >= 4 is 16.9 Å². The minimum Gasteiger partial charge on any atom is -0.497 e. The summed E-state index contributed by atoms with van der Waals surface area (Å²) in [6.07, 6.45) is 0.824. The standard InChI is InChI=1S/C20H23N3O3/c1-15(24)21-14-20-22-18-9-3-4-10-19(18)23(20)11-6-12-26-17-8-5-7-16(13-17)25-2/h3-5,7-10,13H,6,11-12,14H2,1-2H3,(H,21,24). The maximum atomic E-state index is 11.2. The normalized spacial score (nSPS) is 10.7. The Morgan fingerprint density at radius 2 is 1.96 bits per heavy atom. The van der Waals surface area contributed by atoms with Crippen LogP contribution in [-0.2, 0) is 17.9 Å². The molecular weight excluding hydrogens is 330 g/mol. The Morgan fingerprint density at radius 3 is 2.77 bits per heavy atom. The number of para-hydroxylation sites is 2. The van der Waals surface area contributed by atoms with Crippen LogP contribution in [0.2, 0.25) is 0 Å². The quantitative estimate of drug-likeness (QED) is 0.632. The van der Waals surface area contributed by atoms with Gasteiger partial charge < -0.3 is 19.4 Å². The number of carbonyl (C=O) groups is 1. The van der Waals surface area contributed by atoms with Crippen molar-refractivity contribution in [1.29, 1.82) is 0 Å². The molecule has 1 heterocycles. The molecule has 6 heteroatoms. The van der Waals surface area contributed by atoms with Gasteiger partial charge in [-0.3, -0.25) is 4.79 Å². The lowest BCUT2D eigenvalue weighted by Gasteiger charge is -2.11. The molecule has 3 aromatic rings. The first-order valence-electron chi connectivity index (χ1n) is 8.63. The lowest BCUT2D eigenvalue weighted by atomic mass is 10.3. The first-order valence-corrected chi connectivity index (χ1v) is 8.63. The van der Waals surface area contributed by atoms with Gasteiger partial charge in [0, 0.05) is 19.5 Å². The van der Waals surface area contributed by atoms with Gasteiger partial charge in [-0.1, -0.05) is 18.2 Å². The molecule has 0 unspecified atom stereocenters. The monoisotopic (exact) mass is 353 g/mol. The zero-order valence-electron chi connectivity index (χ0n) is 15.1. The predicted octanol–water partition coefficient (Wildman–Crippen LogP) is 3.15. The molecular formula is C20H23N3O3. The minimum absolute atomic E-state index is 0.0648. The third kappa shape index (κ3) is 4.33. The second-order valence-electron chi connectivity index (χ2n) is 5.96. The largest absolute Gasteiger partial charge is 0.497 e. The van der Waals surface area contributed by atoms with Crippen molar-refractivity contribution in [3.8, 4) is 11.5 Å². The molecule has 0 saturated carbocycles. The molecule has 0 aliphatic carbocycles. The van der Waals surface area contributed by atoms with Crippen LogP contribution >= 0.6 is 0 Å². The lowest BCUT2D eigenvalue weighted by Crippen LogP contribution is -2.22. The van der Waals surface area contributed by atoms with E-state index in [2.05, 4.69) is 14.9 Å². The van der Waals surface area contributed by atoms with E-state index < -0.39 is 0 Å². The molecule has 0 atom stereocenters. The van der Waals surface area contributed by atoms with Crippen LogP contribution in [0.15, 0.2) is 48.5 Å². The SMILES string of the molecule is COc1cccc(OCCCn2c(CNC(C)=O)nc3ccccc32)c1. The summed E-state index contributed by atoms with van der Waals surface area (Å²) >= 11 is 0. The van der Waals surface area contributed by atoms with Crippen molar-refractivity contribution in [2.45, 2.75) is 26.4 Å². The number of hydrogen-bond donors (Lipinski definition) is 1. The van der Waals surface area contributed by atoms with E-state index in [0.717, 1.165) is 41.3 Å². The van der Waals surface area contributed by atoms with E-state index in [4.69, 9.17) is 9.47 Å². The molecule has 0 saturated heterocycles. The molecule has 0 fully saturated rings. The highest BCUT2D eigenvalue weighted by molar-refractivity contribution is 5.76. The van der Waals surface area contributed by atoms with Gasteiger partial charge in [0.15, 0.2) is 0 Å². The molecule has 3 rings (SSSR count). The number of fused-ring (bicyclic) bond motifs is 1. The van der Waals surface area contributed by atoms with Crippen molar-refractivity contribution < 1.29 is 14.3 Å². The zero-order chi connectivity index (χ0) is 18.4. The van der Waals surface area contributed by atoms with Crippen molar-refractivity contribution in [2.75, 3.05) is 13.7 Å². The van der Waals surface area contributed by atoms with Crippen LogP contribution < -0.4 is 14.8 Å². The average molecular weight is 353 g/mol. The molecule has 136 valence electrons. The Balaban J connectivity index is 1.65. The molecule has 2 aromatic carbocycles. The van der Waals surface area contributed by atoms with Gasteiger partial charge in [-0.2, -0.15) is 0 Å². The number of ether oxygens (including phenoxy) is 2. The Morgan fingerprint density at radius 1 is 1.15 bits per heavy atom. The van der Waals surface area contributed by atoms with E-state index >= 15 is 0 Å². The fourth-order valence-corrected chi connectivity index (χ4v) is 2.82. The molecule has 1 amide bonds.